The third-order valence-corrected chi connectivity index (χ3v) is 4.12. The molecule has 0 saturated heterocycles. The number of aromatic amines is 1. The van der Waals surface area contributed by atoms with Gasteiger partial charge in [-0.3, -0.25) is 9.59 Å². The standard InChI is InChI=1S/C18H14BrNO2/c19-13-7-8-16-14(10-13)18(22)15(11-20-16)17(21)9-6-12-4-2-1-3-5-12/h1-5,7-8,10-11H,6,9H2,(H,20,22). The van der Waals surface area contributed by atoms with Crippen molar-refractivity contribution in [2.75, 3.05) is 0 Å². The third-order valence-electron chi connectivity index (χ3n) is 3.63. The molecular weight excluding hydrogens is 342 g/mol. The van der Waals surface area contributed by atoms with E-state index in [1.165, 1.54) is 6.20 Å². The predicted octanol–water partition coefficient (Wildman–Crippen LogP) is 4.11. The summed E-state index contributed by atoms with van der Waals surface area (Å²) in [6.07, 6.45) is 2.48. The van der Waals surface area contributed by atoms with Crippen LogP contribution in [0.2, 0.25) is 0 Å². The molecule has 0 bridgehead atoms. The van der Waals surface area contributed by atoms with Gasteiger partial charge in [0.1, 0.15) is 0 Å². The Morgan fingerprint density at radius 3 is 2.64 bits per heavy atom. The third kappa shape index (κ3) is 3.02. The molecule has 110 valence electrons. The van der Waals surface area contributed by atoms with Crippen LogP contribution in [0.25, 0.3) is 10.9 Å². The van der Waals surface area contributed by atoms with Crippen molar-refractivity contribution in [2.24, 2.45) is 0 Å². The summed E-state index contributed by atoms with van der Waals surface area (Å²) in [5.41, 5.74) is 1.83. The monoisotopic (exact) mass is 355 g/mol. The maximum Gasteiger partial charge on any atom is 0.200 e. The van der Waals surface area contributed by atoms with Gasteiger partial charge < -0.3 is 4.98 Å². The summed E-state index contributed by atoms with van der Waals surface area (Å²) in [7, 11) is 0. The van der Waals surface area contributed by atoms with Crippen molar-refractivity contribution in [3.8, 4) is 0 Å². The fourth-order valence-corrected chi connectivity index (χ4v) is 2.80. The number of H-pyrrole nitrogens is 1. The summed E-state index contributed by atoms with van der Waals surface area (Å²) in [4.78, 5) is 27.8. The average Bonchev–Trinajstić information content (AvgIpc) is 2.54. The molecular formula is C18H14BrNO2. The van der Waals surface area contributed by atoms with Crippen LogP contribution in [-0.2, 0) is 6.42 Å². The lowest BCUT2D eigenvalue weighted by Crippen LogP contribution is -2.16. The van der Waals surface area contributed by atoms with E-state index in [1.807, 2.05) is 42.5 Å². The molecule has 3 rings (SSSR count). The topological polar surface area (TPSA) is 49.9 Å². The molecule has 0 radical (unpaired) electrons. The number of carbonyl (C=O) groups is 1. The van der Waals surface area contributed by atoms with Crippen LogP contribution in [0, 0.1) is 0 Å². The summed E-state index contributed by atoms with van der Waals surface area (Å²) in [5, 5.41) is 0.528. The Hall–Kier alpha value is -2.20. The average molecular weight is 356 g/mol. The van der Waals surface area contributed by atoms with Gasteiger partial charge in [0.25, 0.3) is 0 Å². The number of carbonyl (C=O) groups excluding carboxylic acids is 1. The van der Waals surface area contributed by atoms with E-state index in [2.05, 4.69) is 20.9 Å². The highest BCUT2D eigenvalue weighted by Gasteiger charge is 2.13. The van der Waals surface area contributed by atoms with Crippen LogP contribution in [0.4, 0.5) is 0 Å². The van der Waals surface area contributed by atoms with Gasteiger partial charge in [-0.1, -0.05) is 46.3 Å². The zero-order valence-corrected chi connectivity index (χ0v) is 13.4. The number of nitrogens with one attached hydrogen (secondary N) is 1. The van der Waals surface area contributed by atoms with Crippen LogP contribution >= 0.6 is 15.9 Å². The van der Waals surface area contributed by atoms with Crippen molar-refractivity contribution >= 4 is 32.6 Å². The van der Waals surface area contributed by atoms with Crippen LogP contribution in [0.1, 0.15) is 22.3 Å². The maximum atomic E-state index is 12.5. The fraction of sp³-hybridized carbons (Fsp3) is 0.111. The number of hydrogen-bond acceptors (Lipinski definition) is 2. The maximum absolute atomic E-state index is 12.5. The summed E-state index contributed by atoms with van der Waals surface area (Å²) < 4.78 is 0.819. The van der Waals surface area contributed by atoms with Crippen LogP contribution in [0.15, 0.2) is 64.0 Å². The van der Waals surface area contributed by atoms with Crippen molar-refractivity contribution in [3.63, 3.8) is 0 Å². The molecule has 0 fully saturated rings. The second-order valence-electron chi connectivity index (χ2n) is 5.13. The summed E-state index contributed by atoms with van der Waals surface area (Å²) in [5.74, 6) is -0.132. The van der Waals surface area contributed by atoms with Crippen molar-refractivity contribution < 1.29 is 4.79 Å². The molecule has 4 heteroatoms. The molecule has 2 aromatic carbocycles. The summed E-state index contributed by atoms with van der Waals surface area (Å²) in [6, 6.07) is 15.2. The molecule has 0 spiro atoms. The Bertz CT molecular complexity index is 884. The van der Waals surface area contributed by atoms with E-state index in [0.717, 1.165) is 15.6 Å². The van der Waals surface area contributed by atoms with Gasteiger partial charge in [-0.25, -0.2) is 0 Å². The minimum atomic E-state index is -0.215. The molecule has 0 aliphatic carbocycles. The van der Waals surface area contributed by atoms with Gasteiger partial charge in [0.05, 0.1) is 5.56 Å². The number of aryl methyl sites for hydroxylation is 1. The van der Waals surface area contributed by atoms with Gasteiger partial charge in [0.15, 0.2) is 11.2 Å². The predicted molar refractivity (Wildman–Crippen MR) is 91.4 cm³/mol. The minimum absolute atomic E-state index is 0.132. The SMILES string of the molecule is O=C(CCc1ccccc1)c1c[nH]c2ccc(Br)cc2c1=O. The molecule has 0 unspecified atom stereocenters. The van der Waals surface area contributed by atoms with Crippen molar-refractivity contribution in [2.45, 2.75) is 12.8 Å². The molecule has 0 aliphatic heterocycles. The molecule has 1 aromatic heterocycles. The molecule has 22 heavy (non-hydrogen) atoms. The van der Waals surface area contributed by atoms with E-state index < -0.39 is 0 Å². The van der Waals surface area contributed by atoms with Crippen LogP contribution in [-0.4, -0.2) is 10.8 Å². The minimum Gasteiger partial charge on any atom is -0.360 e. The van der Waals surface area contributed by atoms with E-state index in [9.17, 15) is 9.59 Å². The molecule has 3 aromatic rings. The zero-order valence-electron chi connectivity index (χ0n) is 11.8. The van der Waals surface area contributed by atoms with E-state index >= 15 is 0 Å². The number of halogens is 1. The molecule has 1 N–H and O–H groups in total. The van der Waals surface area contributed by atoms with Crippen LogP contribution in [0.3, 0.4) is 0 Å². The normalized spacial score (nSPS) is 10.8. The van der Waals surface area contributed by atoms with Crippen LogP contribution in [0.5, 0.6) is 0 Å². The van der Waals surface area contributed by atoms with Crippen LogP contribution < -0.4 is 5.43 Å². The number of benzene rings is 2. The zero-order chi connectivity index (χ0) is 15.5. The lowest BCUT2D eigenvalue weighted by atomic mass is 10.0. The number of hydrogen-bond donors (Lipinski definition) is 1. The van der Waals surface area contributed by atoms with Crippen molar-refractivity contribution in [3.05, 3.63) is 80.6 Å². The quantitative estimate of drug-likeness (QED) is 0.716. The second kappa shape index (κ2) is 6.28. The first kappa shape index (κ1) is 14.7. The molecule has 1 heterocycles. The van der Waals surface area contributed by atoms with Gasteiger partial charge in [-0.05, 0) is 30.2 Å². The molecule has 0 amide bonds. The van der Waals surface area contributed by atoms with Gasteiger partial charge in [-0.2, -0.15) is 0 Å². The van der Waals surface area contributed by atoms with E-state index in [0.29, 0.717) is 18.2 Å². The first-order chi connectivity index (χ1) is 10.6. The Morgan fingerprint density at radius 1 is 1.09 bits per heavy atom. The number of Topliss-reactive ketones (excluding diaryl/α,β-unsaturated/α-hetero) is 1. The number of rotatable bonds is 4. The summed E-state index contributed by atoms with van der Waals surface area (Å²) in [6.45, 7) is 0. The first-order valence-electron chi connectivity index (χ1n) is 7.03. The molecule has 3 nitrogen and oxygen atoms in total. The van der Waals surface area contributed by atoms with Gasteiger partial charge in [0.2, 0.25) is 0 Å². The lowest BCUT2D eigenvalue weighted by molar-refractivity contribution is 0.0981. The van der Waals surface area contributed by atoms with E-state index in [4.69, 9.17) is 0 Å². The summed E-state index contributed by atoms with van der Waals surface area (Å²) >= 11 is 3.35. The van der Waals surface area contributed by atoms with Crippen molar-refractivity contribution in [1.82, 2.24) is 4.98 Å². The Kier molecular flexibility index (Phi) is 4.20. The van der Waals surface area contributed by atoms with E-state index in [-0.39, 0.29) is 16.8 Å². The second-order valence-corrected chi connectivity index (χ2v) is 6.05. The van der Waals surface area contributed by atoms with Crippen molar-refractivity contribution in [1.29, 1.82) is 0 Å². The number of fused-ring (bicyclic) bond motifs is 1. The molecule has 0 atom stereocenters. The Labute approximate surface area is 136 Å². The molecule has 0 aliphatic rings. The molecule has 0 saturated carbocycles. The number of pyridine rings is 1. The van der Waals surface area contributed by atoms with E-state index in [1.54, 1.807) is 6.07 Å². The smallest absolute Gasteiger partial charge is 0.200 e. The first-order valence-corrected chi connectivity index (χ1v) is 7.82. The largest absolute Gasteiger partial charge is 0.360 e. The highest BCUT2D eigenvalue weighted by atomic mass is 79.9. The fourth-order valence-electron chi connectivity index (χ4n) is 2.44. The van der Waals surface area contributed by atoms with Gasteiger partial charge in [0, 0.05) is 28.0 Å². The number of ketones is 1. The highest BCUT2D eigenvalue weighted by Crippen LogP contribution is 2.16. The Morgan fingerprint density at radius 2 is 1.86 bits per heavy atom. The van der Waals surface area contributed by atoms with Gasteiger partial charge in [-0.15, -0.1) is 0 Å². The Balaban J connectivity index is 1.88. The van der Waals surface area contributed by atoms with Gasteiger partial charge >= 0.3 is 0 Å². The highest BCUT2D eigenvalue weighted by molar-refractivity contribution is 9.10. The lowest BCUT2D eigenvalue weighted by Gasteiger charge is -2.04. The number of aromatic nitrogens is 1.